The van der Waals surface area contributed by atoms with Crippen molar-refractivity contribution in [3.63, 3.8) is 0 Å². The molecule has 0 atom stereocenters. The zero-order valence-corrected chi connectivity index (χ0v) is 10.7. The van der Waals surface area contributed by atoms with Gasteiger partial charge in [0.2, 0.25) is 0 Å². The van der Waals surface area contributed by atoms with Crippen LogP contribution in [0.5, 0.6) is 0 Å². The zero-order chi connectivity index (χ0) is 11.3. The van der Waals surface area contributed by atoms with Gasteiger partial charge in [0.1, 0.15) is 0 Å². The summed E-state index contributed by atoms with van der Waals surface area (Å²) in [6.07, 6.45) is 0. The second-order valence-corrected chi connectivity index (χ2v) is 7.18. The van der Waals surface area contributed by atoms with Crippen molar-refractivity contribution in [2.75, 3.05) is 12.3 Å². The van der Waals surface area contributed by atoms with Crippen LogP contribution in [-0.2, 0) is 16.4 Å². The number of thiophene rings is 1. The molecule has 1 aromatic heterocycles. The van der Waals surface area contributed by atoms with Crippen LogP contribution in [0.2, 0.25) is 0 Å². The van der Waals surface area contributed by atoms with E-state index < -0.39 is 9.84 Å². The molecule has 15 heavy (non-hydrogen) atoms. The van der Waals surface area contributed by atoms with Crippen molar-refractivity contribution >= 4 is 21.2 Å². The third kappa shape index (κ3) is 4.32. The standard InChI is InChI=1S/C10H17NO2S2/c1-9(2)15(12,13)6-4-11-7-10-3-5-14-8-10/h3,5,8-9,11H,4,6-7H2,1-2H3. The van der Waals surface area contributed by atoms with Gasteiger partial charge in [0.05, 0.1) is 11.0 Å². The fraction of sp³-hybridized carbons (Fsp3) is 0.600. The average molecular weight is 247 g/mol. The molecule has 1 N–H and O–H groups in total. The van der Waals surface area contributed by atoms with Gasteiger partial charge in [-0.05, 0) is 36.2 Å². The summed E-state index contributed by atoms with van der Waals surface area (Å²) in [6, 6.07) is 2.04. The van der Waals surface area contributed by atoms with E-state index in [1.807, 2.05) is 11.4 Å². The molecule has 0 aliphatic carbocycles. The van der Waals surface area contributed by atoms with Crippen LogP contribution in [0, 0.1) is 0 Å². The van der Waals surface area contributed by atoms with Crippen LogP contribution >= 0.6 is 11.3 Å². The molecule has 0 fully saturated rings. The molecule has 0 spiro atoms. The van der Waals surface area contributed by atoms with Gasteiger partial charge in [-0.3, -0.25) is 0 Å². The molecule has 0 saturated carbocycles. The van der Waals surface area contributed by atoms with E-state index in [9.17, 15) is 8.42 Å². The maximum absolute atomic E-state index is 11.5. The van der Waals surface area contributed by atoms with Crippen molar-refractivity contribution in [3.05, 3.63) is 22.4 Å². The Balaban J connectivity index is 2.23. The summed E-state index contributed by atoms with van der Waals surface area (Å²) >= 11 is 1.65. The van der Waals surface area contributed by atoms with Gasteiger partial charge >= 0.3 is 0 Å². The molecule has 3 nitrogen and oxygen atoms in total. The predicted octanol–water partition coefficient (Wildman–Crippen LogP) is 1.66. The van der Waals surface area contributed by atoms with Gasteiger partial charge in [-0.25, -0.2) is 8.42 Å². The monoisotopic (exact) mass is 247 g/mol. The van der Waals surface area contributed by atoms with Crippen LogP contribution in [0.1, 0.15) is 19.4 Å². The topological polar surface area (TPSA) is 46.2 Å². The average Bonchev–Trinajstić information content (AvgIpc) is 2.64. The second-order valence-electron chi connectivity index (χ2n) is 3.72. The second kappa shape index (κ2) is 5.63. The first-order valence-electron chi connectivity index (χ1n) is 4.96. The number of rotatable bonds is 6. The van der Waals surface area contributed by atoms with E-state index >= 15 is 0 Å². The van der Waals surface area contributed by atoms with E-state index in [1.54, 1.807) is 25.2 Å². The summed E-state index contributed by atoms with van der Waals surface area (Å²) in [7, 11) is -2.90. The summed E-state index contributed by atoms with van der Waals surface area (Å²) in [4.78, 5) is 0. The molecule has 0 unspecified atom stereocenters. The smallest absolute Gasteiger partial charge is 0.153 e. The van der Waals surface area contributed by atoms with Crippen LogP contribution < -0.4 is 5.32 Å². The van der Waals surface area contributed by atoms with E-state index in [1.165, 1.54) is 5.56 Å². The maximum atomic E-state index is 11.5. The Morgan fingerprint density at radius 3 is 2.73 bits per heavy atom. The fourth-order valence-corrected chi connectivity index (χ4v) is 2.64. The lowest BCUT2D eigenvalue weighted by molar-refractivity contribution is 0.582. The van der Waals surface area contributed by atoms with Crippen molar-refractivity contribution in [1.82, 2.24) is 5.32 Å². The molecule has 0 bridgehead atoms. The van der Waals surface area contributed by atoms with Crippen molar-refractivity contribution in [2.45, 2.75) is 25.6 Å². The Kier molecular flexibility index (Phi) is 4.76. The summed E-state index contributed by atoms with van der Waals surface area (Å²) in [5, 5.41) is 6.92. The van der Waals surface area contributed by atoms with Gasteiger partial charge in [-0.1, -0.05) is 0 Å². The lowest BCUT2D eigenvalue weighted by atomic mass is 10.3. The van der Waals surface area contributed by atoms with Gasteiger partial charge in [0.15, 0.2) is 9.84 Å². The highest BCUT2D eigenvalue weighted by atomic mass is 32.2. The Bertz CT molecular complexity index is 368. The molecule has 1 heterocycles. The van der Waals surface area contributed by atoms with Crippen molar-refractivity contribution in [2.24, 2.45) is 0 Å². The molecular formula is C10H17NO2S2. The highest BCUT2D eigenvalue weighted by Gasteiger charge is 2.14. The predicted molar refractivity (Wildman–Crippen MR) is 64.9 cm³/mol. The molecule has 0 aliphatic heterocycles. The quantitative estimate of drug-likeness (QED) is 0.778. The molecule has 0 radical (unpaired) electrons. The first kappa shape index (κ1) is 12.7. The largest absolute Gasteiger partial charge is 0.312 e. The Labute approximate surface area is 95.4 Å². The zero-order valence-electron chi connectivity index (χ0n) is 9.06. The summed E-state index contributed by atoms with van der Waals surface area (Å²) < 4.78 is 22.9. The van der Waals surface area contributed by atoms with Crippen LogP contribution in [0.4, 0.5) is 0 Å². The third-order valence-corrected chi connectivity index (χ3v) is 5.13. The molecule has 0 amide bonds. The fourth-order valence-electron chi connectivity index (χ4n) is 1.08. The number of hydrogen-bond acceptors (Lipinski definition) is 4. The van der Waals surface area contributed by atoms with E-state index in [-0.39, 0.29) is 11.0 Å². The highest BCUT2D eigenvalue weighted by Crippen LogP contribution is 2.05. The molecule has 5 heteroatoms. The van der Waals surface area contributed by atoms with Gasteiger partial charge in [0, 0.05) is 13.1 Å². The van der Waals surface area contributed by atoms with E-state index in [0.29, 0.717) is 6.54 Å². The Hall–Kier alpha value is -0.390. The van der Waals surface area contributed by atoms with Gasteiger partial charge in [-0.2, -0.15) is 11.3 Å². The number of nitrogens with one attached hydrogen (secondary N) is 1. The van der Waals surface area contributed by atoms with Crippen LogP contribution in [0.25, 0.3) is 0 Å². The number of hydrogen-bond donors (Lipinski definition) is 1. The SMILES string of the molecule is CC(C)S(=O)(=O)CCNCc1ccsc1. The molecule has 1 aromatic rings. The first-order chi connectivity index (χ1) is 7.02. The van der Waals surface area contributed by atoms with Crippen LogP contribution in [0.3, 0.4) is 0 Å². The molecule has 0 aromatic carbocycles. The summed E-state index contributed by atoms with van der Waals surface area (Å²) in [5.74, 6) is 0.217. The van der Waals surface area contributed by atoms with Gasteiger partial charge < -0.3 is 5.32 Å². The van der Waals surface area contributed by atoms with E-state index in [0.717, 1.165) is 6.54 Å². The lowest BCUT2D eigenvalue weighted by Gasteiger charge is -2.07. The van der Waals surface area contributed by atoms with E-state index in [4.69, 9.17) is 0 Å². The number of sulfone groups is 1. The first-order valence-corrected chi connectivity index (χ1v) is 7.61. The molecule has 86 valence electrons. The third-order valence-electron chi connectivity index (χ3n) is 2.19. The normalized spacial score (nSPS) is 12.2. The minimum Gasteiger partial charge on any atom is -0.312 e. The van der Waals surface area contributed by atoms with Gasteiger partial charge in [0.25, 0.3) is 0 Å². The minimum absolute atomic E-state index is 0.217. The lowest BCUT2D eigenvalue weighted by Crippen LogP contribution is -2.26. The summed E-state index contributed by atoms with van der Waals surface area (Å²) in [6.45, 7) is 4.70. The molecule has 0 saturated heterocycles. The molecular weight excluding hydrogens is 230 g/mol. The highest BCUT2D eigenvalue weighted by molar-refractivity contribution is 7.92. The Morgan fingerprint density at radius 1 is 1.47 bits per heavy atom. The minimum atomic E-state index is -2.90. The van der Waals surface area contributed by atoms with Crippen molar-refractivity contribution in [3.8, 4) is 0 Å². The van der Waals surface area contributed by atoms with Crippen LogP contribution in [-0.4, -0.2) is 26.0 Å². The summed E-state index contributed by atoms with van der Waals surface area (Å²) in [5.41, 5.74) is 1.21. The van der Waals surface area contributed by atoms with Crippen molar-refractivity contribution < 1.29 is 8.42 Å². The Morgan fingerprint density at radius 2 is 2.20 bits per heavy atom. The van der Waals surface area contributed by atoms with Crippen molar-refractivity contribution in [1.29, 1.82) is 0 Å². The molecule has 0 aliphatic rings. The van der Waals surface area contributed by atoms with Gasteiger partial charge in [-0.15, -0.1) is 0 Å². The van der Waals surface area contributed by atoms with Crippen LogP contribution in [0.15, 0.2) is 16.8 Å². The molecule has 1 rings (SSSR count). The maximum Gasteiger partial charge on any atom is 0.153 e. The van der Waals surface area contributed by atoms with E-state index in [2.05, 4.69) is 10.7 Å².